The lowest BCUT2D eigenvalue weighted by Crippen LogP contribution is -2.41. The molecule has 8 nitrogen and oxygen atoms in total. The number of thioether (sulfide) groups is 1. The number of nitrogens with zero attached hydrogens (tertiary/aromatic N) is 1. The van der Waals surface area contributed by atoms with Gasteiger partial charge < -0.3 is 15.4 Å². The lowest BCUT2D eigenvalue weighted by Gasteiger charge is -2.16. The number of anilines is 1. The van der Waals surface area contributed by atoms with Gasteiger partial charge in [0.05, 0.1) is 12.0 Å². The second kappa shape index (κ2) is 11.1. The van der Waals surface area contributed by atoms with Crippen LogP contribution in [-0.2, 0) is 16.1 Å². The summed E-state index contributed by atoms with van der Waals surface area (Å²) in [4.78, 5) is 35.3. The third-order valence-electron chi connectivity index (χ3n) is 4.18. The van der Waals surface area contributed by atoms with Crippen molar-refractivity contribution in [1.29, 1.82) is 0 Å². The minimum absolute atomic E-state index is 0.0972. The van der Waals surface area contributed by atoms with E-state index in [2.05, 4.69) is 10.6 Å². The van der Waals surface area contributed by atoms with Gasteiger partial charge in [0.15, 0.2) is 0 Å². The number of carbonyl (C=O) groups is 2. The molecule has 0 saturated carbocycles. The second-order valence-corrected chi connectivity index (χ2v) is 7.14. The normalized spacial score (nSPS) is 11.4. The largest absolute Gasteiger partial charge is 0.467 e. The summed E-state index contributed by atoms with van der Waals surface area (Å²) in [5, 5.41) is 17.1. The molecule has 2 N–H and O–H groups in total. The zero-order chi connectivity index (χ0) is 21.2. The fourth-order valence-electron chi connectivity index (χ4n) is 2.64. The van der Waals surface area contributed by atoms with Crippen molar-refractivity contribution in [2.75, 3.05) is 24.4 Å². The number of carbonyl (C=O) groups excluding carboxylic acids is 2. The van der Waals surface area contributed by atoms with Gasteiger partial charge >= 0.3 is 5.97 Å². The van der Waals surface area contributed by atoms with E-state index in [4.69, 9.17) is 4.74 Å². The minimum atomic E-state index is -0.810. The lowest BCUT2D eigenvalue weighted by molar-refractivity contribution is -0.384. The monoisotopic (exact) mass is 417 g/mol. The zero-order valence-electron chi connectivity index (χ0n) is 16.2. The van der Waals surface area contributed by atoms with Crippen molar-refractivity contribution in [3.05, 3.63) is 69.8 Å². The van der Waals surface area contributed by atoms with E-state index in [0.29, 0.717) is 24.4 Å². The van der Waals surface area contributed by atoms with Crippen LogP contribution in [-0.4, -0.2) is 42.0 Å². The molecule has 154 valence electrons. The van der Waals surface area contributed by atoms with Crippen LogP contribution in [0.5, 0.6) is 0 Å². The molecule has 0 saturated heterocycles. The van der Waals surface area contributed by atoms with Crippen molar-refractivity contribution in [2.24, 2.45) is 0 Å². The number of esters is 1. The number of hydrogen-bond acceptors (Lipinski definition) is 7. The first-order valence-electron chi connectivity index (χ1n) is 8.90. The molecule has 0 unspecified atom stereocenters. The molecule has 0 heterocycles. The predicted molar refractivity (Wildman–Crippen MR) is 113 cm³/mol. The summed E-state index contributed by atoms with van der Waals surface area (Å²) in [5.74, 6) is -0.468. The highest BCUT2D eigenvalue weighted by molar-refractivity contribution is 7.98. The summed E-state index contributed by atoms with van der Waals surface area (Å²) in [5.41, 5.74) is 1.16. The van der Waals surface area contributed by atoms with Crippen LogP contribution in [0.1, 0.15) is 22.3 Å². The van der Waals surface area contributed by atoms with E-state index in [-0.39, 0.29) is 11.3 Å². The third kappa shape index (κ3) is 6.49. The maximum Gasteiger partial charge on any atom is 0.328 e. The van der Waals surface area contributed by atoms with Gasteiger partial charge in [-0.25, -0.2) is 4.79 Å². The molecule has 0 aromatic heterocycles. The fraction of sp³-hybridized carbons (Fsp3) is 0.300. The molecular weight excluding hydrogens is 394 g/mol. The van der Waals surface area contributed by atoms with Gasteiger partial charge in [0, 0.05) is 18.2 Å². The van der Waals surface area contributed by atoms with Gasteiger partial charge in [0.25, 0.3) is 11.6 Å². The molecule has 0 aliphatic heterocycles. The van der Waals surface area contributed by atoms with Gasteiger partial charge in [0.2, 0.25) is 0 Å². The molecule has 1 atom stereocenters. The number of methoxy groups -OCH3 is 1. The Morgan fingerprint density at radius 1 is 1.21 bits per heavy atom. The molecule has 2 aromatic rings. The number of nitro groups is 1. The maximum absolute atomic E-state index is 12.5. The third-order valence-corrected chi connectivity index (χ3v) is 4.83. The number of nitro benzene ring substituents is 1. The number of ether oxygens (including phenoxy) is 1. The standard InChI is InChI=1S/C20H23N3O5S/c1-28-20(25)17(10-11-29-2)22-19(24)15-8-9-16(18(12-15)23(26)27)21-13-14-6-4-3-5-7-14/h3-9,12,17,21H,10-11,13H2,1-2H3,(H,22,24)/t17-/m1/s1. The van der Waals surface area contributed by atoms with Gasteiger partial charge in [-0.15, -0.1) is 0 Å². The van der Waals surface area contributed by atoms with Crippen LogP contribution in [0.2, 0.25) is 0 Å². The Morgan fingerprint density at radius 2 is 1.93 bits per heavy atom. The first-order valence-corrected chi connectivity index (χ1v) is 10.3. The highest BCUT2D eigenvalue weighted by Gasteiger charge is 2.23. The predicted octanol–water partition coefficient (Wildman–Crippen LogP) is 3.23. The Kier molecular flexibility index (Phi) is 8.47. The van der Waals surface area contributed by atoms with Crippen molar-refractivity contribution in [2.45, 2.75) is 19.0 Å². The summed E-state index contributed by atoms with van der Waals surface area (Å²) < 4.78 is 4.72. The van der Waals surface area contributed by atoms with E-state index in [1.54, 1.807) is 0 Å². The van der Waals surface area contributed by atoms with Gasteiger partial charge in [-0.3, -0.25) is 14.9 Å². The van der Waals surface area contributed by atoms with E-state index >= 15 is 0 Å². The summed E-state index contributed by atoms with van der Waals surface area (Å²) >= 11 is 1.54. The molecule has 1 amide bonds. The molecule has 0 aliphatic carbocycles. The quantitative estimate of drug-likeness (QED) is 0.347. The fourth-order valence-corrected chi connectivity index (χ4v) is 3.11. The summed E-state index contributed by atoms with van der Waals surface area (Å²) in [7, 11) is 1.25. The van der Waals surface area contributed by atoms with Crippen molar-refractivity contribution < 1.29 is 19.2 Å². The molecular formula is C20H23N3O5S. The van der Waals surface area contributed by atoms with Crippen LogP contribution in [0.3, 0.4) is 0 Å². The van der Waals surface area contributed by atoms with Crippen LogP contribution in [0.4, 0.5) is 11.4 Å². The number of nitrogens with one attached hydrogen (secondary N) is 2. The van der Waals surface area contributed by atoms with E-state index < -0.39 is 22.8 Å². The average Bonchev–Trinajstić information content (AvgIpc) is 2.74. The number of amides is 1. The molecule has 0 aliphatic rings. The molecule has 2 rings (SSSR count). The van der Waals surface area contributed by atoms with Crippen molar-refractivity contribution in [3.63, 3.8) is 0 Å². The van der Waals surface area contributed by atoms with Crippen molar-refractivity contribution in [1.82, 2.24) is 5.32 Å². The Balaban J connectivity index is 2.16. The Labute approximate surface area is 173 Å². The number of hydrogen-bond donors (Lipinski definition) is 2. The first kappa shape index (κ1) is 22.2. The Morgan fingerprint density at radius 3 is 2.55 bits per heavy atom. The Hall–Kier alpha value is -3.07. The van der Waals surface area contributed by atoms with E-state index in [0.717, 1.165) is 5.56 Å². The Bertz CT molecular complexity index is 860. The van der Waals surface area contributed by atoms with Crippen molar-refractivity contribution >= 4 is 35.0 Å². The molecule has 0 bridgehead atoms. The molecule has 0 radical (unpaired) electrons. The molecule has 0 fully saturated rings. The molecule has 2 aromatic carbocycles. The smallest absolute Gasteiger partial charge is 0.328 e. The molecule has 0 spiro atoms. The molecule has 9 heteroatoms. The van der Waals surface area contributed by atoms with E-state index in [9.17, 15) is 19.7 Å². The van der Waals surface area contributed by atoms with E-state index in [1.807, 2.05) is 36.6 Å². The minimum Gasteiger partial charge on any atom is -0.467 e. The summed E-state index contributed by atoms with van der Waals surface area (Å²) in [6, 6.07) is 12.8. The average molecular weight is 417 g/mol. The summed E-state index contributed by atoms with van der Waals surface area (Å²) in [6.07, 6.45) is 2.29. The lowest BCUT2D eigenvalue weighted by atomic mass is 10.1. The van der Waals surface area contributed by atoms with Gasteiger partial charge in [0.1, 0.15) is 11.7 Å². The van der Waals surface area contributed by atoms with Gasteiger partial charge in [-0.2, -0.15) is 11.8 Å². The van der Waals surface area contributed by atoms with Crippen LogP contribution >= 0.6 is 11.8 Å². The van der Waals surface area contributed by atoms with Gasteiger partial charge in [-0.1, -0.05) is 30.3 Å². The topological polar surface area (TPSA) is 111 Å². The van der Waals surface area contributed by atoms with Crippen LogP contribution < -0.4 is 10.6 Å². The van der Waals surface area contributed by atoms with Gasteiger partial charge in [-0.05, 0) is 36.1 Å². The van der Waals surface area contributed by atoms with Crippen LogP contribution in [0.15, 0.2) is 48.5 Å². The second-order valence-electron chi connectivity index (χ2n) is 6.16. The summed E-state index contributed by atoms with van der Waals surface area (Å²) in [6.45, 7) is 0.409. The van der Waals surface area contributed by atoms with Crippen molar-refractivity contribution in [3.8, 4) is 0 Å². The van der Waals surface area contributed by atoms with Crippen LogP contribution in [0, 0.1) is 10.1 Å². The maximum atomic E-state index is 12.5. The first-order chi connectivity index (χ1) is 14.0. The van der Waals surface area contributed by atoms with Crippen LogP contribution in [0.25, 0.3) is 0 Å². The molecule has 29 heavy (non-hydrogen) atoms. The highest BCUT2D eigenvalue weighted by atomic mass is 32.2. The van der Waals surface area contributed by atoms with E-state index in [1.165, 1.54) is 37.1 Å². The SMILES string of the molecule is COC(=O)[C@@H](CCSC)NC(=O)c1ccc(NCc2ccccc2)c([N+](=O)[O-])c1. The number of rotatable bonds is 10. The zero-order valence-corrected chi connectivity index (χ0v) is 17.0. The number of benzene rings is 2. The highest BCUT2D eigenvalue weighted by Crippen LogP contribution is 2.26.